The molecule has 2 heteroatoms. The summed E-state index contributed by atoms with van der Waals surface area (Å²) in [5.74, 6) is 0.859. The van der Waals surface area contributed by atoms with Crippen LogP contribution in [0.1, 0.15) is 6.92 Å². The Balaban J connectivity index is 2.58. The fourth-order valence-corrected chi connectivity index (χ4v) is 0.506. The summed E-state index contributed by atoms with van der Waals surface area (Å²) in [6, 6.07) is 0. The molecule has 0 aromatic carbocycles. The molecule has 1 aliphatic heterocycles. The van der Waals surface area contributed by atoms with Crippen LogP contribution in [0.5, 0.6) is 0 Å². The van der Waals surface area contributed by atoms with Gasteiger partial charge in [-0.05, 0) is 6.92 Å². The van der Waals surface area contributed by atoms with Gasteiger partial charge < -0.3 is 10.6 Å². The largest absolute Gasteiger partial charge is 0.347 e. The van der Waals surface area contributed by atoms with Gasteiger partial charge in [-0.1, -0.05) is 6.58 Å². The third-order valence-electron chi connectivity index (χ3n) is 0.811. The third-order valence-corrected chi connectivity index (χ3v) is 0.811. The van der Waals surface area contributed by atoms with E-state index < -0.39 is 0 Å². The van der Waals surface area contributed by atoms with E-state index in [1.54, 1.807) is 0 Å². The van der Waals surface area contributed by atoms with E-state index in [0.717, 1.165) is 11.5 Å². The summed E-state index contributed by atoms with van der Waals surface area (Å²) >= 11 is 0. The first-order valence-electron chi connectivity index (χ1n) is 2.18. The third kappa shape index (κ3) is 0.738. The molecule has 1 aliphatic rings. The smallest absolute Gasteiger partial charge is 0.0995 e. The molecular weight excluding hydrogens is 88.1 g/mol. The van der Waals surface area contributed by atoms with Crippen LogP contribution in [0.3, 0.4) is 0 Å². The Morgan fingerprint density at radius 2 is 2.43 bits per heavy atom. The van der Waals surface area contributed by atoms with Gasteiger partial charge in [0.1, 0.15) is 0 Å². The minimum atomic E-state index is 0.859. The normalized spacial score (nSPS) is 17.9. The SMILES string of the molecule is C=C1NC=C(C)N1. The second kappa shape index (κ2) is 1.30. The van der Waals surface area contributed by atoms with Crippen LogP contribution in [-0.2, 0) is 0 Å². The number of rotatable bonds is 0. The van der Waals surface area contributed by atoms with Crippen molar-refractivity contribution < 1.29 is 0 Å². The maximum Gasteiger partial charge on any atom is 0.0995 e. The molecule has 0 spiro atoms. The van der Waals surface area contributed by atoms with Gasteiger partial charge in [0.25, 0.3) is 0 Å². The van der Waals surface area contributed by atoms with Crippen LogP contribution in [0.4, 0.5) is 0 Å². The molecule has 0 aliphatic carbocycles. The lowest BCUT2D eigenvalue weighted by Gasteiger charge is -1.93. The Kier molecular flexibility index (Phi) is 0.785. The van der Waals surface area contributed by atoms with Gasteiger partial charge in [-0.3, -0.25) is 0 Å². The predicted octanol–water partition coefficient (Wildman–Crippen LogP) is 0.512. The van der Waals surface area contributed by atoms with Gasteiger partial charge in [0, 0.05) is 11.9 Å². The molecule has 0 unspecified atom stereocenters. The van der Waals surface area contributed by atoms with Crippen molar-refractivity contribution in [2.75, 3.05) is 0 Å². The van der Waals surface area contributed by atoms with E-state index >= 15 is 0 Å². The summed E-state index contributed by atoms with van der Waals surface area (Å²) in [6.45, 7) is 5.61. The van der Waals surface area contributed by atoms with Gasteiger partial charge in [0.15, 0.2) is 0 Å². The van der Waals surface area contributed by atoms with Crippen LogP contribution in [0.25, 0.3) is 0 Å². The van der Waals surface area contributed by atoms with Crippen LogP contribution in [0.2, 0.25) is 0 Å². The molecule has 38 valence electrons. The van der Waals surface area contributed by atoms with Crippen molar-refractivity contribution in [2.45, 2.75) is 6.92 Å². The average Bonchev–Trinajstić information content (AvgIpc) is 1.87. The Morgan fingerprint density at radius 3 is 2.57 bits per heavy atom. The average molecular weight is 96.1 g/mol. The zero-order chi connectivity index (χ0) is 5.28. The molecule has 0 bridgehead atoms. The van der Waals surface area contributed by atoms with Crippen LogP contribution in [-0.4, -0.2) is 0 Å². The van der Waals surface area contributed by atoms with E-state index in [0.29, 0.717) is 0 Å². The van der Waals surface area contributed by atoms with Crippen molar-refractivity contribution in [2.24, 2.45) is 0 Å². The molecule has 0 saturated carbocycles. The van der Waals surface area contributed by atoms with Crippen LogP contribution >= 0.6 is 0 Å². The quantitative estimate of drug-likeness (QED) is 0.459. The molecule has 0 saturated heterocycles. The van der Waals surface area contributed by atoms with Crippen molar-refractivity contribution >= 4 is 0 Å². The lowest BCUT2D eigenvalue weighted by Crippen LogP contribution is -2.08. The van der Waals surface area contributed by atoms with Gasteiger partial charge >= 0.3 is 0 Å². The Morgan fingerprint density at radius 1 is 1.71 bits per heavy atom. The maximum absolute atomic E-state index is 3.63. The van der Waals surface area contributed by atoms with Gasteiger partial charge in [-0.25, -0.2) is 0 Å². The van der Waals surface area contributed by atoms with E-state index in [9.17, 15) is 0 Å². The molecule has 1 rings (SSSR count). The summed E-state index contributed by atoms with van der Waals surface area (Å²) < 4.78 is 0. The highest BCUT2D eigenvalue weighted by atomic mass is 15.1. The maximum atomic E-state index is 3.63. The molecule has 1 heterocycles. The molecule has 2 N–H and O–H groups in total. The number of hydrogen-bond acceptors (Lipinski definition) is 2. The van der Waals surface area contributed by atoms with Crippen LogP contribution in [0, 0.1) is 0 Å². The molecule has 0 fully saturated rings. The first kappa shape index (κ1) is 4.24. The molecule has 2 nitrogen and oxygen atoms in total. The van der Waals surface area contributed by atoms with Crippen molar-refractivity contribution in [1.29, 1.82) is 0 Å². The number of hydrogen-bond donors (Lipinski definition) is 2. The topological polar surface area (TPSA) is 24.1 Å². The van der Waals surface area contributed by atoms with Crippen molar-refractivity contribution in [3.05, 3.63) is 24.3 Å². The van der Waals surface area contributed by atoms with E-state index in [1.165, 1.54) is 0 Å². The van der Waals surface area contributed by atoms with E-state index in [1.807, 2.05) is 13.1 Å². The minimum absolute atomic E-state index is 0.859. The Hall–Kier alpha value is -0.920. The lowest BCUT2D eigenvalue weighted by atomic mass is 10.6. The first-order valence-corrected chi connectivity index (χ1v) is 2.18. The second-order valence-corrected chi connectivity index (χ2v) is 1.58. The summed E-state index contributed by atoms with van der Waals surface area (Å²) in [4.78, 5) is 0. The first-order chi connectivity index (χ1) is 3.29. The highest BCUT2D eigenvalue weighted by Crippen LogP contribution is 1.94. The van der Waals surface area contributed by atoms with E-state index in [-0.39, 0.29) is 0 Å². The van der Waals surface area contributed by atoms with Gasteiger partial charge in [0.2, 0.25) is 0 Å². The minimum Gasteiger partial charge on any atom is -0.347 e. The zero-order valence-corrected chi connectivity index (χ0v) is 4.28. The molecule has 0 amide bonds. The molecule has 7 heavy (non-hydrogen) atoms. The molecule has 0 aromatic heterocycles. The van der Waals surface area contributed by atoms with Crippen molar-refractivity contribution in [3.8, 4) is 0 Å². The summed E-state index contributed by atoms with van der Waals surface area (Å²) in [5, 5.41) is 5.87. The molecule has 0 atom stereocenters. The molecule has 0 aromatic rings. The Bertz CT molecular complexity index is 124. The number of nitrogens with one attached hydrogen (secondary N) is 2. The van der Waals surface area contributed by atoms with E-state index in [4.69, 9.17) is 0 Å². The van der Waals surface area contributed by atoms with E-state index in [2.05, 4.69) is 17.2 Å². The Labute approximate surface area is 42.9 Å². The monoisotopic (exact) mass is 96.1 g/mol. The highest BCUT2D eigenvalue weighted by molar-refractivity contribution is 5.13. The summed E-state index contributed by atoms with van der Waals surface area (Å²) in [7, 11) is 0. The van der Waals surface area contributed by atoms with Gasteiger partial charge in [0.05, 0.1) is 5.82 Å². The van der Waals surface area contributed by atoms with Crippen molar-refractivity contribution in [1.82, 2.24) is 10.6 Å². The highest BCUT2D eigenvalue weighted by Gasteiger charge is 1.96. The fourth-order valence-electron chi connectivity index (χ4n) is 0.506. The summed E-state index contributed by atoms with van der Waals surface area (Å²) in [6.07, 6.45) is 1.88. The van der Waals surface area contributed by atoms with Gasteiger partial charge in [-0.15, -0.1) is 0 Å². The fraction of sp³-hybridized carbons (Fsp3) is 0.200. The lowest BCUT2D eigenvalue weighted by molar-refractivity contribution is 0.964. The van der Waals surface area contributed by atoms with Crippen LogP contribution in [0.15, 0.2) is 24.3 Å². The predicted molar refractivity (Wildman–Crippen MR) is 29.2 cm³/mol. The molecular formula is C5H8N2. The standard InChI is InChI=1S/C5H8N2/c1-4-3-6-5(2)7-4/h3,6-7H,2H2,1H3. The van der Waals surface area contributed by atoms with Crippen molar-refractivity contribution in [3.63, 3.8) is 0 Å². The summed E-state index contributed by atoms with van der Waals surface area (Å²) in [5.41, 5.74) is 1.12. The van der Waals surface area contributed by atoms with Crippen LogP contribution < -0.4 is 10.6 Å². The van der Waals surface area contributed by atoms with Gasteiger partial charge in [-0.2, -0.15) is 0 Å². The zero-order valence-electron chi connectivity index (χ0n) is 4.28. The number of allylic oxidation sites excluding steroid dienone is 1. The second-order valence-electron chi connectivity index (χ2n) is 1.58. The molecule has 0 radical (unpaired) electrons.